The van der Waals surface area contributed by atoms with Crippen LogP contribution < -0.4 is 10.6 Å². The molecule has 0 bridgehead atoms. The Labute approximate surface area is 185 Å². The van der Waals surface area contributed by atoms with Gasteiger partial charge in [0.15, 0.2) is 11.0 Å². The lowest BCUT2D eigenvalue weighted by Crippen LogP contribution is -2.29. The van der Waals surface area contributed by atoms with Crippen LogP contribution in [-0.4, -0.2) is 32.3 Å². The summed E-state index contributed by atoms with van der Waals surface area (Å²) in [6.07, 6.45) is 0. The predicted molar refractivity (Wildman–Crippen MR) is 117 cm³/mol. The first kappa shape index (κ1) is 22.0. The lowest BCUT2D eigenvalue weighted by molar-refractivity contribution is -0.113. The van der Waals surface area contributed by atoms with Gasteiger partial charge in [-0.3, -0.25) is 9.59 Å². The first-order valence-corrected chi connectivity index (χ1v) is 10.8. The van der Waals surface area contributed by atoms with Gasteiger partial charge in [0.05, 0.1) is 17.4 Å². The van der Waals surface area contributed by atoms with Crippen molar-refractivity contribution in [3.05, 3.63) is 70.2 Å². The number of thioether (sulfide) groups is 1. The number of rotatable bonds is 7. The highest BCUT2D eigenvalue weighted by Gasteiger charge is 2.20. The van der Waals surface area contributed by atoms with Crippen molar-refractivity contribution in [3.8, 4) is 0 Å². The summed E-state index contributed by atoms with van der Waals surface area (Å²) in [5.74, 6) is -0.652. The van der Waals surface area contributed by atoms with E-state index in [1.807, 2.05) is 12.1 Å². The van der Waals surface area contributed by atoms with Crippen molar-refractivity contribution in [2.75, 3.05) is 11.1 Å². The number of nitrogens with zero attached hydrogens (tertiary/aromatic N) is 3. The van der Waals surface area contributed by atoms with E-state index in [4.69, 9.17) is 0 Å². The second-order valence-electron chi connectivity index (χ2n) is 6.42. The zero-order chi connectivity index (χ0) is 21.7. The Balaban J connectivity index is 1.58. The number of halogens is 2. The van der Waals surface area contributed by atoms with Crippen LogP contribution in [0.4, 0.5) is 10.1 Å². The number of amides is 2. The smallest absolute Gasteiger partial charge is 0.254 e. The average Bonchev–Trinajstić information content (AvgIpc) is 3.09. The first-order valence-electron chi connectivity index (χ1n) is 8.98. The molecule has 2 N–H and O–H groups in total. The molecule has 0 fully saturated rings. The van der Waals surface area contributed by atoms with Crippen LogP contribution in [0.3, 0.4) is 0 Å². The molecule has 0 spiro atoms. The van der Waals surface area contributed by atoms with Crippen LogP contribution in [0.5, 0.6) is 0 Å². The lowest BCUT2D eigenvalue weighted by atomic mass is 10.2. The minimum Gasteiger partial charge on any atom is -0.342 e. The normalized spacial score (nSPS) is 11.7. The first-order chi connectivity index (χ1) is 14.3. The number of benzene rings is 2. The Kier molecular flexibility index (Phi) is 7.22. The van der Waals surface area contributed by atoms with Crippen molar-refractivity contribution in [1.29, 1.82) is 0 Å². The number of hydrogen-bond donors (Lipinski definition) is 2. The fourth-order valence-corrected chi connectivity index (χ4v) is 3.66. The van der Waals surface area contributed by atoms with Crippen molar-refractivity contribution >= 4 is 45.2 Å². The van der Waals surface area contributed by atoms with Crippen molar-refractivity contribution in [2.24, 2.45) is 7.05 Å². The van der Waals surface area contributed by atoms with Crippen LogP contribution in [0, 0.1) is 5.82 Å². The highest BCUT2D eigenvalue weighted by molar-refractivity contribution is 9.10. The van der Waals surface area contributed by atoms with Gasteiger partial charge >= 0.3 is 0 Å². The molecule has 0 saturated heterocycles. The Bertz CT molecular complexity index is 1060. The molecule has 0 radical (unpaired) electrons. The van der Waals surface area contributed by atoms with Crippen LogP contribution >= 0.6 is 27.7 Å². The molecule has 0 saturated carbocycles. The number of carbonyl (C=O) groups excluding carboxylic acids is 2. The Morgan fingerprint density at radius 2 is 1.87 bits per heavy atom. The van der Waals surface area contributed by atoms with Gasteiger partial charge in [-0.15, -0.1) is 10.2 Å². The van der Waals surface area contributed by atoms with Gasteiger partial charge in [0.25, 0.3) is 5.91 Å². The molecule has 0 aliphatic rings. The summed E-state index contributed by atoms with van der Waals surface area (Å²) in [6.45, 7) is 1.73. The maximum atomic E-state index is 13.8. The standard InChI is InChI=1S/C20H19BrFN5O2S/c1-12(23-19(29)15-5-3-4-6-16(15)22)18-25-26-20(27(18)2)30-11-17(28)24-14-9-7-13(21)8-10-14/h3-10,12H,11H2,1-2H3,(H,23,29)(H,24,28). The topological polar surface area (TPSA) is 88.9 Å². The number of hydrogen-bond acceptors (Lipinski definition) is 5. The predicted octanol–water partition coefficient (Wildman–Crippen LogP) is 3.94. The molecule has 10 heteroatoms. The van der Waals surface area contributed by atoms with Crippen molar-refractivity contribution in [1.82, 2.24) is 20.1 Å². The molecule has 1 aromatic heterocycles. The Hall–Kier alpha value is -2.72. The van der Waals surface area contributed by atoms with Gasteiger partial charge in [-0.05, 0) is 43.3 Å². The molecular weight excluding hydrogens is 473 g/mol. The van der Waals surface area contributed by atoms with Crippen LogP contribution in [0.15, 0.2) is 58.2 Å². The number of aromatic nitrogens is 3. The van der Waals surface area contributed by atoms with Crippen LogP contribution in [0.2, 0.25) is 0 Å². The average molecular weight is 492 g/mol. The third-order valence-corrected chi connectivity index (χ3v) is 5.73. The summed E-state index contributed by atoms with van der Waals surface area (Å²) >= 11 is 4.58. The molecule has 0 aliphatic carbocycles. The van der Waals surface area contributed by atoms with E-state index in [9.17, 15) is 14.0 Å². The number of carbonyl (C=O) groups is 2. The molecule has 3 rings (SSSR count). The summed E-state index contributed by atoms with van der Waals surface area (Å²) in [4.78, 5) is 24.5. The summed E-state index contributed by atoms with van der Waals surface area (Å²) in [5, 5.41) is 14.2. The van der Waals surface area contributed by atoms with Crippen molar-refractivity contribution in [3.63, 3.8) is 0 Å². The van der Waals surface area contributed by atoms with E-state index >= 15 is 0 Å². The fraction of sp³-hybridized carbons (Fsp3) is 0.200. The molecule has 30 heavy (non-hydrogen) atoms. The largest absolute Gasteiger partial charge is 0.342 e. The monoisotopic (exact) mass is 491 g/mol. The molecule has 2 aromatic carbocycles. The van der Waals surface area contributed by atoms with Crippen molar-refractivity contribution in [2.45, 2.75) is 18.1 Å². The fourth-order valence-electron chi connectivity index (χ4n) is 2.67. The number of anilines is 1. The zero-order valence-corrected chi connectivity index (χ0v) is 18.6. The van der Waals surface area contributed by atoms with E-state index in [0.29, 0.717) is 16.7 Å². The zero-order valence-electron chi connectivity index (χ0n) is 16.2. The molecular formula is C20H19BrFN5O2S. The SMILES string of the molecule is CC(NC(=O)c1ccccc1F)c1nnc(SCC(=O)Nc2ccc(Br)cc2)n1C. The molecule has 3 aromatic rings. The van der Waals surface area contributed by atoms with Gasteiger partial charge in [0.1, 0.15) is 5.82 Å². The molecule has 156 valence electrons. The van der Waals surface area contributed by atoms with Crippen molar-refractivity contribution < 1.29 is 14.0 Å². The highest BCUT2D eigenvalue weighted by Crippen LogP contribution is 2.20. The third kappa shape index (κ3) is 5.45. The molecule has 0 aliphatic heterocycles. The van der Waals surface area contributed by atoms with Crippen LogP contribution in [0.25, 0.3) is 0 Å². The summed E-state index contributed by atoms with van der Waals surface area (Å²) in [6, 6.07) is 12.5. The highest BCUT2D eigenvalue weighted by atomic mass is 79.9. The molecule has 2 amide bonds. The second-order valence-corrected chi connectivity index (χ2v) is 8.28. The number of nitrogens with one attached hydrogen (secondary N) is 2. The minimum absolute atomic E-state index is 0.0364. The van der Waals surface area contributed by atoms with Gasteiger partial charge in [-0.1, -0.05) is 39.8 Å². The summed E-state index contributed by atoms with van der Waals surface area (Å²) in [7, 11) is 1.75. The molecule has 7 nitrogen and oxygen atoms in total. The molecule has 1 atom stereocenters. The van der Waals surface area contributed by atoms with Gasteiger partial charge in [-0.25, -0.2) is 4.39 Å². The molecule has 1 heterocycles. The van der Waals surface area contributed by atoms with E-state index in [2.05, 4.69) is 36.8 Å². The summed E-state index contributed by atoms with van der Waals surface area (Å²) < 4.78 is 16.4. The quantitative estimate of drug-likeness (QED) is 0.488. The minimum atomic E-state index is -0.590. The maximum absolute atomic E-state index is 13.8. The Morgan fingerprint density at radius 1 is 1.17 bits per heavy atom. The van der Waals surface area contributed by atoms with Gasteiger partial charge in [0, 0.05) is 17.2 Å². The van der Waals surface area contributed by atoms with E-state index < -0.39 is 17.8 Å². The van der Waals surface area contributed by atoms with Gasteiger partial charge in [-0.2, -0.15) is 0 Å². The Morgan fingerprint density at radius 3 is 2.57 bits per heavy atom. The van der Waals surface area contributed by atoms with E-state index in [0.717, 1.165) is 4.47 Å². The van der Waals surface area contributed by atoms with Gasteiger partial charge in [0.2, 0.25) is 5.91 Å². The van der Waals surface area contributed by atoms with E-state index in [-0.39, 0.29) is 17.2 Å². The molecule has 1 unspecified atom stereocenters. The van der Waals surface area contributed by atoms with Crippen LogP contribution in [0.1, 0.15) is 29.1 Å². The maximum Gasteiger partial charge on any atom is 0.254 e. The summed E-state index contributed by atoms with van der Waals surface area (Å²) in [5.41, 5.74) is 0.665. The van der Waals surface area contributed by atoms with E-state index in [1.165, 1.54) is 30.0 Å². The second kappa shape index (κ2) is 9.86. The van der Waals surface area contributed by atoms with Gasteiger partial charge < -0.3 is 15.2 Å². The third-order valence-electron chi connectivity index (χ3n) is 4.18. The lowest BCUT2D eigenvalue weighted by Gasteiger charge is -2.14. The van der Waals surface area contributed by atoms with E-state index in [1.54, 1.807) is 36.7 Å². The van der Waals surface area contributed by atoms with Crippen LogP contribution in [-0.2, 0) is 11.8 Å².